The van der Waals surface area contributed by atoms with Gasteiger partial charge in [-0.1, -0.05) is 19.1 Å². The molecule has 1 aromatic carbocycles. The summed E-state index contributed by atoms with van der Waals surface area (Å²) in [5.41, 5.74) is 0.965. The second-order valence-corrected chi connectivity index (χ2v) is 5.31. The van der Waals surface area contributed by atoms with E-state index in [1.165, 1.54) is 0 Å². The zero-order chi connectivity index (χ0) is 17.6. The van der Waals surface area contributed by atoms with E-state index in [1.807, 2.05) is 0 Å². The number of rotatable bonds is 6. The molecule has 128 valence electrons. The lowest BCUT2D eigenvalue weighted by Gasteiger charge is -2.19. The topological polar surface area (TPSA) is 61.4 Å². The summed E-state index contributed by atoms with van der Waals surface area (Å²) in [5.74, 6) is -2.36. The first kappa shape index (κ1) is 19.0. The highest BCUT2D eigenvalue weighted by Gasteiger charge is 2.41. The van der Waals surface area contributed by atoms with Gasteiger partial charge in [-0.05, 0) is 24.7 Å². The van der Waals surface area contributed by atoms with Gasteiger partial charge in [-0.25, -0.2) is 0 Å². The van der Waals surface area contributed by atoms with Crippen LogP contribution in [-0.4, -0.2) is 43.5 Å². The average molecular weight is 331 g/mol. The first-order valence-corrected chi connectivity index (χ1v) is 7.01. The number of hydrogen-bond donors (Lipinski definition) is 2. The molecule has 0 fully saturated rings. The molecule has 0 aliphatic rings. The maximum atomic E-state index is 12.4. The quantitative estimate of drug-likeness (QED) is 0.838. The third-order valence-corrected chi connectivity index (χ3v) is 3.16. The van der Waals surface area contributed by atoms with Crippen LogP contribution in [0.4, 0.5) is 18.9 Å². The van der Waals surface area contributed by atoms with E-state index in [-0.39, 0.29) is 18.4 Å². The predicted octanol–water partition coefficient (Wildman–Crippen LogP) is 2.00. The van der Waals surface area contributed by atoms with Crippen molar-refractivity contribution in [1.29, 1.82) is 0 Å². The van der Waals surface area contributed by atoms with Gasteiger partial charge in [0.15, 0.2) is 0 Å². The number of anilines is 1. The minimum absolute atomic E-state index is 0.198. The van der Waals surface area contributed by atoms with Gasteiger partial charge in [-0.2, -0.15) is 13.2 Å². The van der Waals surface area contributed by atoms with E-state index in [0.717, 1.165) is 7.05 Å². The Balaban J connectivity index is 2.74. The van der Waals surface area contributed by atoms with Gasteiger partial charge in [0.1, 0.15) is 0 Å². The van der Waals surface area contributed by atoms with Crippen molar-refractivity contribution in [3.63, 3.8) is 0 Å². The van der Waals surface area contributed by atoms with Crippen molar-refractivity contribution >= 4 is 17.5 Å². The maximum absolute atomic E-state index is 12.4. The van der Waals surface area contributed by atoms with Crippen molar-refractivity contribution in [2.45, 2.75) is 19.6 Å². The van der Waals surface area contributed by atoms with Crippen LogP contribution < -0.4 is 10.6 Å². The number of carbonyl (C=O) groups is 2. The van der Waals surface area contributed by atoms with E-state index in [0.29, 0.717) is 22.7 Å². The Hall–Kier alpha value is -2.09. The van der Waals surface area contributed by atoms with E-state index < -0.39 is 12.1 Å². The maximum Gasteiger partial charge on any atom is 0.471 e. The number of halogens is 3. The minimum atomic E-state index is -4.90. The molecule has 0 aliphatic carbocycles. The lowest BCUT2D eigenvalue weighted by molar-refractivity contribution is -0.184. The summed E-state index contributed by atoms with van der Waals surface area (Å²) in [7, 11) is 2.81. The third kappa shape index (κ3) is 5.90. The zero-order valence-corrected chi connectivity index (χ0v) is 13.2. The highest BCUT2D eigenvalue weighted by atomic mass is 19.4. The van der Waals surface area contributed by atoms with Crippen molar-refractivity contribution in [3.05, 3.63) is 29.8 Å². The van der Waals surface area contributed by atoms with Gasteiger partial charge >= 0.3 is 12.1 Å². The highest BCUT2D eigenvalue weighted by molar-refractivity contribution is 5.92. The van der Waals surface area contributed by atoms with Crippen LogP contribution in [0.25, 0.3) is 0 Å². The van der Waals surface area contributed by atoms with Crippen LogP contribution in [0.15, 0.2) is 24.3 Å². The molecule has 0 aliphatic heterocycles. The normalized spacial score (nSPS) is 12.6. The summed E-state index contributed by atoms with van der Waals surface area (Å²) in [6.45, 7) is 2.06. The fourth-order valence-electron chi connectivity index (χ4n) is 1.97. The fourth-order valence-corrected chi connectivity index (χ4v) is 1.97. The molecule has 0 heterocycles. The van der Waals surface area contributed by atoms with Crippen LogP contribution in [0.1, 0.15) is 12.5 Å². The zero-order valence-electron chi connectivity index (χ0n) is 13.2. The molecular weight excluding hydrogens is 311 g/mol. The van der Waals surface area contributed by atoms with E-state index in [1.54, 1.807) is 38.2 Å². The first-order chi connectivity index (χ1) is 10.6. The van der Waals surface area contributed by atoms with Gasteiger partial charge in [0.05, 0.1) is 0 Å². The molecule has 1 unspecified atom stereocenters. The summed E-state index contributed by atoms with van der Waals surface area (Å²) in [6, 6.07) is 6.38. The van der Waals surface area contributed by atoms with E-state index >= 15 is 0 Å². The van der Waals surface area contributed by atoms with Crippen LogP contribution in [0.3, 0.4) is 0 Å². The SMILES string of the molecule is CNCC(C)C(=O)Nc1cccc(CN(C)C(=O)C(F)(F)F)c1. The van der Waals surface area contributed by atoms with Crippen molar-refractivity contribution in [1.82, 2.24) is 10.2 Å². The Morgan fingerprint density at radius 2 is 1.96 bits per heavy atom. The molecule has 0 spiro atoms. The second-order valence-electron chi connectivity index (χ2n) is 5.31. The highest BCUT2D eigenvalue weighted by Crippen LogP contribution is 2.20. The molecule has 0 saturated heterocycles. The number of nitrogens with one attached hydrogen (secondary N) is 2. The molecule has 0 saturated carbocycles. The summed E-state index contributed by atoms with van der Waals surface area (Å²) in [6.07, 6.45) is -4.90. The summed E-state index contributed by atoms with van der Waals surface area (Å²) in [4.78, 5) is 23.6. The van der Waals surface area contributed by atoms with Crippen molar-refractivity contribution in [2.24, 2.45) is 5.92 Å². The molecule has 1 aromatic rings. The average Bonchev–Trinajstić information content (AvgIpc) is 2.46. The van der Waals surface area contributed by atoms with Gasteiger partial charge in [-0.3, -0.25) is 9.59 Å². The molecule has 1 atom stereocenters. The molecule has 23 heavy (non-hydrogen) atoms. The number of alkyl halides is 3. The Morgan fingerprint density at radius 1 is 1.30 bits per heavy atom. The summed E-state index contributed by atoms with van der Waals surface area (Å²) < 4.78 is 37.1. The second kappa shape index (κ2) is 7.96. The molecule has 0 aromatic heterocycles. The number of amides is 2. The largest absolute Gasteiger partial charge is 0.471 e. The molecule has 0 bridgehead atoms. The standard InChI is InChI=1S/C15H20F3N3O2/c1-10(8-19-2)13(22)20-12-6-4-5-11(7-12)9-21(3)14(23)15(16,17)18/h4-7,10,19H,8-9H2,1-3H3,(H,20,22). The number of hydrogen-bond acceptors (Lipinski definition) is 3. The van der Waals surface area contributed by atoms with E-state index in [2.05, 4.69) is 10.6 Å². The predicted molar refractivity (Wildman–Crippen MR) is 80.7 cm³/mol. The van der Waals surface area contributed by atoms with Crippen molar-refractivity contribution in [2.75, 3.05) is 26.0 Å². The summed E-state index contributed by atoms with van der Waals surface area (Å²) >= 11 is 0. The third-order valence-electron chi connectivity index (χ3n) is 3.16. The Bertz CT molecular complexity index is 561. The lowest BCUT2D eigenvalue weighted by atomic mass is 10.1. The molecule has 2 N–H and O–H groups in total. The minimum Gasteiger partial charge on any atom is -0.334 e. The van der Waals surface area contributed by atoms with Gasteiger partial charge in [-0.15, -0.1) is 0 Å². The molecule has 0 radical (unpaired) electrons. The van der Waals surface area contributed by atoms with Crippen LogP contribution in [0.2, 0.25) is 0 Å². The lowest BCUT2D eigenvalue weighted by Crippen LogP contribution is -2.37. The Labute approximate surface area is 132 Å². The van der Waals surface area contributed by atoms with Gasteiger partial charge in [0.25, 0.3) is 0 Å². The van der Waals surface area contributed by atoms with E-state index in [9.17, 15) is 22.8 Å². The Kier molecular flexibility index (Phi) is 6.56. The van der Waals surface area contributed by atoms with Crippen LogP contribution in [0, 0.1) is 5.92 Å². The smallest absolute Gasteiger partial charge is 0.334 e. The Morgan fingerprint density at radius 3 is 2.52 bits per heavy atom. The first-order valence-electron chi connectivity index (χ1n) is 7.01. The van der Waals surface area contributed by atoms with Gasteiger partial charge in [0, 0.05) is 31.7 Å². The molecule has 5 nitrogen and oxygen atoms in total. The molecule has 1 rings (SSSR count). The van der Waals surface area contributed by atoms with Crippen molar-refractivity contribution in [3.8, 4) is 0 Å². The van der Waals surface area contributed by atoms with E-state index in [4.69, 9.17) is 0 Å². The fraction of sp³-hybridized carbons (Fsp3) is 0.467. The summed E-state index contributed by atoms with van der Waals surface area (Å²) in [5, 5.41) is 5.58. The van der Waals surface area contributed by atoms with Crippen molar-refractivity contribution < 1.29 is 22.8 Å². The van der Waals surface area contributed by atoms with Crippen LogP contribution >= 0.6 is 0 Å². The molecule has 2 amide bonds. The number of carbonyl (C=O) groups excluding carboxylic acids is 2. The van der Waals surface area contributed by atoms with Gasteiger partial charge < -0.3 is 15.5 Å². The monoisotopic (exact) mass is 331 g/mol. The number of benzene rings is 1. The van der Waals surface area contributed by atoms with Crippen LogP contribution in [0.5, 0.6) is 0 Å². The molecular formula is C15H20F3N3O2. The van der Waals surface area contributed by atoms with Crippen LogP contribution in [-0.2, 0) is 16.1 Å². The van der Waals surface area contributed by atoms with Gasteiger partial charge in [0.2, 0.25) is 5.91 Å². The molecule has 8 heteroatoms. The number of nitrogens with zero attached hydrogens (tertiary/aromatic N) is 1.